The van der Waals surface area contributed by atoms with E-state index in [-0.39, 0.29) is 17.7 Å². The number of rotatable bonds is 7. The van der Waals surface area contributed by atoms with Crippen molar-refractivity contribution < 1.29 is 23.4 Å². The van der Waals surface area contributed by atoms with Crippen molar-refractivity contribution in [3.8, 4) is 22.8 Å². The second-order valence-corrected chi connectivity index (χ2v) is 11.0. The van der Waals surface area contributed by atoms with Gasteiger partial charge < -0.3 is 18.6 Å². The number of carbonyl (C=O) groups is 1. The van der Waals surface area contributed by atoms with Crippen LogP contribution in [0.4, 0.5) is 0 Å². The first-order valence-corrected chi connectivity index (χ1v) is 14.1. The van der Waals surface area contributed by atoms with Crippen molar-refractivity contribution in [3.63, 3.8) is 0 Å². The van der Waals surface area contributed by atoms with E-state index in [1.54, 1.807) is 45.2 Å². The van der Waals surface area contributed by atoms with Gasteiger partial charge in [-0.25, -0.2) is 9.79 Å². The Hall–Kier alpha value is -3.89. The molecule has 0 unspecified atom stereocenters. The number of nitrogens with zero attached hydrogens (tertiary/aromatic N) is 2. The highest BCUT2D eigenvalue weighted by Crippen LogP contribution is 2.38. The second kappa shape index (κ2) is 11.3. The topological polar surface area (TPSA) is 92.3 Å². The molecule has 0 bridgehead atoms. The highest BCUT2D eigenvalue weighted by atomic mass is 79.9. The molecule has 40 heavy (non-hydrogen) atoms. The molecule has 206 valence electrons. The molecule has 1 aliphatic rings. The van der Waals surface area contributed by atoms with Crippen LogP contribution in [0.1, 0.15) is 36.8 Å². The number of thiazole rings is 1. The number of methoxy groups -OCH3 is 2. The third-order valence-corrected chi connectivity index (χ3v) is 8.18. The van der Waals surface area contributed by atoms with Crippen molar-refractivity contribution in [2.75, 3.05) is 20.8 Å². The largest absolute Gasteiger partial charge is 0.497 e. The second-order valence-electron chi connectivity index (χ2n) is 9.10. The Bertz CT molecular complexity index is 1830. The minimum absolute atomic E-state index is 0.180. The summed E-state index contributed by atoms with van der Waals surface area (Å²) >= 11 is 4.82. The fourth-order valence-corrected chi connectivity index (χ4v) is 6.38. The van der Waals surface area contributed by atoms with Gasteiger partial charge in [0.1, 0.15) is 29.1 Å². The average Bonchev–Trinajstić information content (AvgIpc) is 3.51. The van der Waals surface area contributed by atoms with Crippen molar-refractivity contribution in [1.82, 2.24) is 4.57 Å². The summed E-state index contributed by atoms with van der Waals surface area (Å²) in [5.41, 5.74) is 3.02. The van der Waals surface area contributed by atoms with E-state index in [0.717, 1.165) is 15.6 Å². The van der Waals surface area contributed by atoms with E-state index in [4.69, 9.17) is 18.6 Å². The van der Waals surface area contributed by atoms with Gasteiger partial charge in [0.15, 0.2) is 4.80 Å². The Morgan fingerprint density at radius 1 is 1.12 bits per heavy atom. The van der Waals surface area contributed by atoms with Gasteiger partial charge in [0.2, 0.25) is 0 Å². The maximum atomic E-state index is 13.9. The van der Waals surface area contributed by atoms with Crippen LogP contribution in [0.25, 0.3) is 17.4 Å². The quantitative estimate of drug-likeness (QED) is 0.265. The lowest BCUT2D eigenvalue weighted by molar-refractivity contribution is -0.139. The van der Waals surface area contributed by atoms with Crippen molar-refractivity contribution in [1.29, 1.82) is 0 Å². The van der Waals surface area contributed by atoms with E-state index in [2.05, 4.69) is 20.9 Å². The fraction of sp³-hybridized carbons (Fsp3) is 0.233. The van der Waals surface area contributed by atoms with E-state index in [0.29, 0.717) is 43.6 Å². The van der Waals surface area contributed by atoms with Crippen LogP contribution in [0.2, 0.25) is 0 Å². The van der Waals surface area contributed by atoms with E-state index < -0.39 is 12.0 Å². The number of furan rings is 1. The first-order valence-electron chi connectivity index (χ1n) is 12.5. The summed E-state index contributed by atoms with van der Waals surface area (Å²) in [7, 11) is 3.09. The van der Waals surface area contributed by atoms with Gasteiger partial charge in [0, 0.05) is 21.7 Å². The number of halogens is 1. The van der Waals surface area contributed by atoms with Crippen LogP contribution in [-0.2, 0) is 9.53 Å². The maximum absolute atomic E-state index is 13.9. The molecule has 4 aromatic rings. The summed E-state index contributed by atoms with van der Waals surface area (Å²) in [4.78, 5) is 32.2. The van der Waals surface area contributed by atoms with Gasteiger partial charge in [-0.15, -0.1) is 0 Å². The van der Waals surface area contributed by atoms with Crippen LogP contribution in [0.15, 0.2) is 78.5 Å². The fourth-order valence-electron chi connectivity index (χ4n) is 4.66. The van der Waals surface area contributed by atoms with Crippen molar-refractivity contribution in [2.45, 2.75) is 26.8 Å². The third kappa shape index (κ3) is 5.04. The first-order chi connectivity index (χ1) is 19.2. The Kier molecular flexibility index (Phi) is 7.82. The molecule has 0 N–H and O–H groups in total. The number of fused-ring (bicyclic) bond motifs is 1. The lowest BCUT2D eigenvalue weighted by Gasteiger charge is -2.26. The molecular formula is C30H27BrN2O6S. The lowest BCUT2D eigenvalue weighted by Crippen LogP contribution is -2.40. The van der Waals surface area contributed by atoms with Crippen molar-refractivity contribution in [2.24, 2.45) is 4.99 Å². The minimum Gasteiger partial charge on any atom is -0.497 e. The molecule has 2 aromatic heterocycles. The molecule has 3 heterocycles. The molecule has 5 rings (SSSR count). The predicted octanol–water partition coefficient (Wildman–Crippen LogP) is 5.15. The first kappa shape index (κ1) is 27.7. The molecular weight excluding hydrogens is 596 g/mol. The standard InChI is InChI=1S/C30H27BrN2O6S/c1-6-38-29(35)26-17(3)32-30-33(27(26)21-14-18(36-4)8-11-23(21)37-5)28(34)25(40-30)15-19-9-12-24(39-19)20-10-7-16(2)13-22(20)31/h7-15,27H,6H2,1-5H3/b25-15-/t27-/m1/s1. The van der Waals surface area contributed by atoms with Gasteiger partial charge in [-0.05, 0) is 68.8 Å². The number of benzene rings is 2. The predicted molar refractivity (Wildman–Crippen MR) is 157 cm³/mol. The number of allylic oxidation sites excluding steroid dienone is 1. The summed E-state index contributed by atoms with van der Waals surface area (Å²) in [6, 6.07) is 14.1. The molecule has 0 saturated heterocycles. The highest BCUT2D eigenvalue weighted by molar-refractivity contribution is 9.10. The normalized spacial score (nSPS) is 15.1. The number of aromatic nitrogens is 1. The minimum atomic E-state index is -0.835. The maximum Gasteiger partial charge on any atom is 0.338 e. The molecule has 1 atom stereocenters. The molecule has 0 aliphatic carbocycles. The SMILES string of the molecule is CCOC(=O)C1=C(C)N=c2s/c(=C\c3ccc(-c4ccc(C)cc4Br)o3)c(=O)n2[C@@H]1c1cc(OC)ccc1OC. The lowest BCUT2D eigenvalue weighted by atomic mass is 9.95. The summed E-state index contributed by atoms with van der Waals surface area (Å²) in [6.07, 6.45) is 1.69. The number of esters is 1. The van der Waals surface area contributed by atoms with Gasteiger partial charge in [0.05, 0.1) is 36.6 Å². The van der Waals surface area contributed by atoms with Crippen LogP contribution >= 0.6 is 27.3 Å². The molecule has 0 saturated carbocycles. The summed E-state index contributed by atoms with van der Waals surface area (Å²) in [5.74, 6) is 1.69. The van der Waals surface area contributed by atoms with E-state index in [1.807, 2.05) is 37.3 Å². The Labute approximate surface area is 243 Å². The van der Waals surface area contributed by atoms with Crippen molar-refractivity contribution in [3.05, 3.63) is 101 Å². The van der Waals surface area contributed by atoms with Crippen molar-refractivity contribution >= 4 is 39.3 Å². The zero-order valence-electron chi connectivity index (χ0n) is 22.6. The van der Waals surface area contributed by atoms with E-state index in [9.17, 15) is 9.59 Å². The molecule has 0 fully saturated rings. The molecule has 10 heteroatoms. The smallest absolute Gasteiger partial charge is 0.338 e. The van der Waals surface area contributed by atoms with Crippen LogP contribution in [0, 0.1) is 6.92 Å². The van der Waals surface area contributed by atoms with Crippen LogP contribution in [0.3, 0.4) is 0 Å². The Morgan fingerprint density at radius 3 is 2.62 bits per heavy atom. The van der Waals surface area contributed by atoms with E-state index in [1.165, 1.54) is 23.0 Å². The Balaban J connectivity index is 1.68. The van der Waals surface area contributed by atoms with Gasteiger partial charge >= 0.3 is 5.97 Å². The number of aryl methyl sites for hydroxylation is 1. The highest BCUT2D eigenvalue weighted by Gasteiger charge is 2.35. The molecule has 0 spiro atoms. The summed E-state index contributed by atoms with van der Waals surface area (Å²) in [5, 5.41) is 0. The molecule has 8 nitrogen and oxygen atoms in total. The van der Waals surface area contributed by atoms with Crippen LogP contribution in [-0.4, -0.2) is 31.4 Å². The third-order valence-electron chi connectivity index (χ3n) is 6.54. The van der Waals surface area contributed by atoms with Crippen LogP contribution < -0.4 is 24.4 Å². The number of ether oxygens (including phenoxy) is 3. The summed E-state index contributed by atoms with van der Waals surface area (Å²) in [6.45, 7) is 5.67. The summed E-state index contributed by atoms with van der Waals surface area (Å²) < 4.78 is 25.4. The average molecular weight is 624 g/mol. The van der Waals surface area contributed by atoms with Crippen LogP contribution in [0.5, 0.6) is 11.5 Å². The number of hydrogen-bond acceptors (Lipinski definition) is 8. The van der Waals surface area contributed by atoms with Gasteiger partial charge in [-0.3, -0.25) is 9.36 Å². The molecule has 2 aromatic carbocycles. The van der Waals surface area contributed by atoms with E-state index >= 15 is 0 Å². The monoisotopic (exact) mass is 622 g/mol. The molecule has 1 aliphatic heterocycles. The van der Waals surface area contributed by atoms with Gasteiger partial charge in [0.25, 0.3) is 5.56 Å². The van der Waals surface area contributed by atoms with Gasteiger partial charge in [-0.2, -0.15) is 0 Å². The Morgan fingerprint density at radius 2 is 1.93 bits per heavy atom. The van der Waals surface area contributed by atoms with Gasteiger partial charge in [-0.1, -0.05) is 33.3 Å². The number of carbonyl (C=O) groups excluding carboxylic acids is 1. The zero-order valence-corrected chi connectivity index (χ0v) is 25.0. The molecule has 0 amide bonds. The number of hydrogen-bond donors (Lipinski definition) is 0. The zero-order chi connectivity index (χ0) is 28.6. The molecule has 0 radical (unpaired) electrons.